The Morgan fingerprint density at radius 1 is 0.810 bits per heavy atom. The van der Waals surface area contributed by atoms with E-state index in [0.29, 0.717) is 11.5 Å². The maximum Gasteiger partial charge on any atom is 0.576 e. The van der Waals surface area contributed by atoms with Gasteiger partial charge >= 0.3 is 7.69 Å². The summed E-state index contributed by atoms with van der Waals surface area (Å²) in [5, 5.41) is 0. The van der Waals surface area contributed by atoms with Crippen LogP contribution in [0, 0.1) is 23.7 Å². The fraction of sp³-hybridized carbons (Fsp3) is 0.125. The van der Waals surface area contributed by atoms with Crippen molar-refractivity contribution in [2.24, 2.45) is 0 Å². The number of hydrogen-bond acceptors (Lipinski definition) is 4. The third-order valence-corrected chi connectivity index (χ3v) is 2.42. The summed E-state index contributed by atoms with van der Waals surface area (Å²) in [5.41, 5.74) is 1.61. The van der Waals surface area contributed by atoms with Crippen LogP contribution >= 0.6 is 0 Å². The molecule has 0 aliphatic carbocycles. The Morgan fingerprint density at radius 3 is 1.71 bits per heavy atom. The van der Waals surface area contributed by atoms with E-state index in [9.17, 15) is 0 Å². The van der Waals surface area contributed by atoms with Crippen LogP contribution in [0.25, 0.3) is 0 Å². The van der Waals surface area contributed by atoms with Gasteiger partial charge in [0.2, 0.25) is 0 Å². The first-order valence-corrected chi connectivity index (χ1v) is 6.33. The molecule has 0 N–H and O–H groups in total. The zero-order valence-corrected chi connectivity index (χ0v) is 11.9. The van der Waals surface area contributed by atoms with Gasteiger partial charge in [-0.05, 0) is 26.0 Å². The summed E-state index contributed by atoms with van der Waals surface area (Å²) in [6.45, 7) is 3.55. The van der Waals surface area contributed by atoms with Crippen LogP contribution in [0.4, 0.5) is 0 Å². The largest absolute Gasteiger partial charge is 0.576 e. The summed E-state index contributed by atoms with van der Waals surface area (Å²) in [6, 6.07) is 3.62. The molecule has 0 saturated heterocycles. The normalized spacial score (nSPS) is 8.67. The van der Waals surface area contributed by atoms with Crippen LogP contribution in [-0.4, -0.2) is 17.7 Å². The van der Waals surface area contributed by atoms with Gasteiger partial charge in [-0.1, -0.05) is 11.8 Å². The van der Waals surface area contributed by atoms with Crippen molar-refractivity contribution in [1.29, 1.82) is 0 Å². The number of hydrogen-bond donors (Lipinski definition) is 0. The molecule has 0 amide bonds. The Labute approximate surface area is 124 Å². The van der Waals surface area contributed by atoms with Gasteiger partial charge in [-0.25, -0.2) is 0 Å². The van der Waals surface area contributed by atoms with Crippen molar-refractivity contribution in [1.82, 2.24) is 9.97 Å². The molecule has 0 fully saturated rings. The molecule has 0 aliphatic heterocycles. The summed E-state index contributed by atoms with van der Waals surface area (Å²) in [4.78, 5) is 8.11. The maximum atomic E-state index is 5.48. The van der Waals surface area contributed by atoms with Crippen molar-refractivity contribution >= 4 is 7.69 Å². The first kappa shape index (κ1) is 14.5. The van der Waals surface area contributed by atoms with E-state index in [4.69, 9.17) is 9.31 Å². The minimum atomic E-state index is 0.0649. The molecular weight excluding hydrogens is 263 g/mol. The highest BCUT2D eigenvalue weighted by molar-refractivity contribution is 6.20. The molecule has 102 valence electrons. The molecule has 2 rings (SSSR count). The van der Waals surface area contributed by atoms with Crippen molar-refractivity contribution in [3.05, 3.63) is 48.0 Å². The predicted molar refractivity (Wildman–Crippen MR) is 82.0 cm³/mol. The van der Waals surface area contributed by atoms with Crippen molar-refractivity contribution < 1.29 is 9.31 Å². The lowest BCUT2D eigenvalue weighted by atomic mass is 10.2. The Hall–Kier alpha value is -2.92. The highest BCUT2D eigenvalue weighted by Gasteiger charge is 2.02. The monoisotopic (exact) mass is 276 g/mol. The predicted octanol–water partition coefficient (Wildman–Crippen LogP) is 1.94. The molecule has 0 aliphatic rings. The zero-order valence-electron chi connectivity index (χ0n) is 11.9. The van der Waals surface area contributed by atoms with E-state index in [-0.39, 0.29) is 7.69 Å². The molecule has 21 heavy (non-hydrogen) atoms. The van der Waals surface area contributed by atoms with Crippen molar-refractivity contribution in [3.8, 4) is 35.2 Å². The summed E-state index contributed by atoms with van der Waals surface area (Å²) in [7, 11) is 0.0649. The van der Waals surface area contributed by atoms with E-state index in [0.717, 1.165) is 11.1 Å². The number of nitrogens with zero attached hydrogens (tertiary/aromatic N) is 2. The lowest BCUT2D eigenvalue weighted by molar-refractivity contribution is 0.456. The van der Waals surface area contributed by atoms with E-state index < -0.39 is 0 Å². The molecule has 2 aromatic heterocycles. The molecule has 4 nitrogen and oxygen atoms in total. The molecule has 5 heteroatoms. The molecule has 0 aromatic carbocycles. The molecule has 0 radical (unpaired) electrons. The van der Waals surface area contributed by atoms with E-state index in [1.54, 1.807) is 38.6 Å². The van der Waals surface area contributed by atoms with E-state index >= 15 is 0 Å². The summed E-state index contributed by atoms with van der Waals surface area (Å²) in [5.74, 6) is 12.7. The second-order valence-electron chi connectivity index (χ2n) is 3.98. The van der Waals surface area contributed by atoms with Gasteiger partial charge in [-0.2, -0.15) is 0 Å². The molecule has 0 spiro atoms. The minimum Gasteiger partial charge on any atom is -0.527 e. The van der Waals surface area contributed by atoms with Crippen LogP contribution in [0.5, 0.6) is 11.5 Å². The molecule has 0 atom stereocenters. The van der Waals surface area contributed by atoms with Gasteiger partial charge in [-0.3, -0.25) is 9.97 Å². The molecule has 2 aromatic rings. The van der Waals surface area contributed by atoms with Gasteiger partial charge in [0.1, 0.15) is 11.5 Å². The third-order valence-electron chi connectivity index (χ3n) is 2.42. The van der Waals surface area contributed by atoms with Crippen LogP contribution in [0.3, 0.4) is 0 Å². The van der Waals surface area contributed by atoms with E-state index in [1.165, 1.54) is 0 Å². The average Bonchev–Trinajstić information content (AvgIpc) is 2.49. The van der Waals surface area contributed by atoms with Gasteiger partial charge < -0.3 is 9.31 Å². The highest BCUT2D eigenvalue weighted by Crippen LogP contribution is 2.12. The quantitative estimate of drug-likeness (QED) is 0.632. The fourth-order valence-corrected chi connectivity index (χ4v) is 1.59. The summed E-state index contributed by atoms with van der Waals surface area (Å²) < 4.78 is 11.0. The van der Waals surface area contributed by atoms with Gasteiger partial charge in [0.25, 0.3) is 0 Å². The second kappa shape index (κ2) is 7.62. The number of aromatic nitrogens is 2. The fourth-order valence-electron chi connectivity index (χ4n) is 1.59. The van der Waals surface area contributed by atoms with Gasteiger partial charge in [0.05, 0.1) is 12.4 Å². The Balaban J connectivity index is 1.94. The van der Waals surface area contributed by atoms with Gasteiger partial charge in [-0.15, -0.1) is 11.8 Å². The number of rotatable bonds is 4. The molecule has 0 saturated carbocycles. The molecule has 2 heterocycles. The first-order valence-electron chi connectivity index (χ1n) is 6.33. The zero-order chi connectivity index (χ0) is 14.9. The maximum absolute atomic E-state index is 5.48. The first-order chi connectivity index (χ1) is 10.3. The Bertz CT molecular complexity index is 675. The molecular formula is C16H13BN2O2. The average molecular weight is 276 g/mol. The Kier molecular flexibility index (Phi) is 5.26. The van der Waals surface area contributed by atoms with Crippen LogP contribution in [0.1, 0.15) is 25.0 Å². The van der Waals surface area contributed by atoms with Crippen LogP contribution < -0.4 is 9.31 Å². The van der Waals surface area contributed by atoms with Gasteiger partial charge in [0.15, 0.2) is 0 Å². The van der Waals surface area contributed by atoms with Crippen molar-refractivity contribution in [2.45, 2.75) is 13.8 Å². The summed E-state index contributed by atoms with van der Waals surface area (Å²) in [6.07, 6.45) is 6.59. The molecule has 0 unspecified atom stereocenters. The van der Waals surface area contributed by atoms with Crippen molar-refractivity contribution in [2.75, 3.05) is 0 Å². The minimum absolute atomic E-state index is 0.0649. The highest BCUT2D eigenvalue weighted by atomic mass is 16.6. The van der Waals surface area contributed by atoms with Crippen LogP contribution in [-0.2, 0) is 0 Å². The van der Waals surface area contributed by atoms with Crippen LogP contribution in [0.15, 0.2) is 36.9 Å². The van der Waals surface area contributed by atoms with E-state index in [2.05, 4.69) is 33.6 Å². The lowest BCUT2D eigenvalue weighted by Crippen LogP contribution is -2.11. The standard InChI is InChI=1S/C16H13BN2O2/c1-3-5-13-7-15(11-18-9-13)20-17-21-16-8-14(6-4-2)10-19-12-16/h7-12,17H,1-2H3. The molecule has 0 bridgehead atoms. The Morgan fingerprint density at radius 2 is 1.29 bits per heavy atom. The van der Waals surface area contributed by atoms with Gasteiger partial charge in [0, 0.05) is 23.5 Å². The summed E-state index contributed by atoms with van der Waals surface area (Å²) >= 11 is 0. The SMILES string of the molecule is CC#Cc1cncc(OBOc2cncc(C#CC)c2)c1. The van der Waals surface area contributed by atoms with Crippen LogP contribution in [0.2, 0.25) is 0 Å². The van der Waals surface area contributed by atoms with Crippen molar-refractivity contribution in [3.63, 3.8) is 0 Å². The van der Waals surface area contributed by atoms with E-state index in [1.807, 2.05) is 12.1 Å². The number of pyridine rings is 2. The topological polar surface area (TPSA) is 44.2 Å². The third kappa shape index (κ3) is 4.60. The lowest BCUT2D eigenvalue weighted by Gasteiger charge is -2.07. The smallest absolute Gasteiger partial charge is 0.527 e. The second-order valence-corrected chi connectivity index (χ2v) is 3.98.